The second-order valence-corrected chi connectivity index (χ2v) is 3.31. The number of nitrogens with zero attached hydrogens (tertiary/aromatic N) is 2. The van der Waals surface area contributed by atoms with Crippen LogP contribution < -0.4 is 10.9 Å². The van der Waals surface area contributed by atoms with E-state index in [0.29, 0.717) is 0 Å². The van der Waals surface area contributed by atoms with Gasteiger partial charge in [0, 0.05) is 0 Å². The minimum absolute atomic E-state index is 1.05. The first-order valence-electron chi connectivity index (χ1n) is 5.12. The second-order valence-electron chi connectivity index (χ2n) is 3.31. The van der Waals surface area contributed by atoms with Crippen LogP contribution in [0.3, 0.4) is 0 Å². The number of benzene rings is 2. The summed E-state index contributed by atoms with van der Waals surface area (Å²) in [6.07, 6.45) is 0. The van der Waals surface area contributed by atoms with Gasteiger partial charge in [-0.2, -0.15) is 0 Å². The smallest absolute Gasteiger partial charge is 0.274 e. The fraction of sp³-hybridized carbons (Fsp3) is 0. The van der Waals surface area contributed by atoms with Crippen LogP contribution in [0, 0.1) is 0 Å². The average Bonchev–Trinajstić information content (AvgIpc) is 2.37. The van der Waals surface area contributed by atoms with Crippen LogP contribution in [0.5, 0.6) is 0 Å². The van der Waals surface area contributed by atoms with E-state index in [2.05, 4.69) is 10.1 Å². The van der Waals surface area contributed by atoms with Gasteiger partial charge in [-0.15, -0.1) is 0 Å². The molecule has 0 amide bonds. The molecule has 2 radical (unpaired) electrons. The summed E-state index contributed by atoms with van der Waals surface area (Å²) in [5.74, 6) is 0. The van der Waals surface area contributed by atoms with E-state index in [1.165, 1.54) is 0 Å². The van der Waals surface area contributed by atoms with Crippen molar-refractivity contribution in [1.29, 1.82) is 0 Å². The zero-order valence-corrected chi connectivity index (χ0v) is 8.82. The lowest BCUT2D eigenvalue weighted by Gasteiger charge is -1.93. The van der Waals surface area contributed by atoms with Crippen LogP contribution in [-0.2, 0) is 0 Å². The van der Waals surface area contributed by atoms with Crippen LogP contribution in [0.1, 0.15) is 0 Å². The van der Waals surface area contributed by atoms with Crippen LogP contribution in [0.4, 0.5) is 0 Å². The molecule has 0 aliphatic carbocycles. The van der Waals surface area contributed by atoms with Gasteiger partial charge in [0.1, 0.15) is 0 Å². The lowest BCUT2D eigenvalue weighted by Crippen LogP contribution is -2.13. The molecule has 0 unspecified atom stereocenters. The van der Waals surface area contributed by atoms with Crippen molar-refractivity contribution in [3.8, 4) is 0 Å². The Kier molecular flexibility index (Phi) is 3.94. The second kappa shape index (κ2) is 5.91. The topological polar surface area (TPSA) is 24.7 Å². The fourth-order valence-corrected chi connectivity index (χ4v) is 1.28. The molecule has 2 nitrogen and oxygen atoms in total. The fourth-order valence-electron chi connectivity index (χ4n) is 1.28. The summed E-state index contributed by atoms with van der Waals surface area (Å²) in [6.45, 7) is 0. The van der Waals surface area contributed by atoms with Gasteiger partial charge < -0.3 is 0 Å². The molecule has 0 heterocycles. The molecule has 74 valence electrons. The van der Waals surface area contributed by atoms with Crippen molar-refractivity contribution in [1.82, 2.24) is 0 Å². The van der Waals surface area contributed by atoms with Gasteiger partial charge in [0.05, 0.1) is 0 Å². The van der Waals surface area contributed by atoms with Crippen molar-refractivity contribution < 1.29 is 0 Å². The Morgan fingerprint density at radius 2 is 0.938 bits per heavy atom. The minimum Gasteiger partial charge on any atom is -0.274 e. The standard InChI is InChI=1S/C12H10B2N2/c1-3-7-11(8-4-1)13-15-16-14-12-9-5-2-6-10-12/h1-10H. The van der Waals surface area contributed by atoms with Crippen LogP contribution in [-0.4, -0.2) is 14.8 Å². The highest BCUT2D eigenvalue weighted by Gasteiger charge is 1.94. The molecular weight excluding hydrogens is 194 g/mol. The maximum atomic E-state index is 3.98. The van der Waals surface area contributed by atoms with E-state index in [9.17, 15) is 0 Å². The van der Waals surface area contributed by atoms with Crippen molar-refractivity contribution in [3.05, 3.63) is 60.7 Å². The summed E-state index contributed by atoms with van der Waals surface area (Å²) in [5, 5.41) is 7.96. The lowest BCUT2D eigenvalue weighted by molar-refractivity contribution is 1.45. The highest BCUT2D eigenvalue weighted by Crippen LogP contribution is 1.84. The highest BCUT2D eigenvalue weighted by atomic mass is 15.0. The first-order chi connectivity index (χ1) is 7.95. The molecule has 0 atom stereocenters. The third-order valence-corrected chi connectivity index (χ3v) is 2.08. The van der Waals surface area contributed by atoms with Gasteiger partial charge in [-0.25, -0.2) is 0 Å². The monoisotopic (exact) mass is 204 g/mol. The van der Waals surface area contributed by atoms with Crippen molar-refractivity contribution in [2.45, 2.75) is 0 Å². The molecule has 0 aliphatic heterocycles. The molecule has 2 aromatic rings. The molecule has 0 saturated heterocycles. The van der Waals surface area contributed by atoms with Gasteiger partial charge in [-0.05, 0) is 0 Å². The average molecular weight is 204 g/mol. The predicted molar refractivity (Wildman–Crippen MR) is 68.5 cm³/mol. The molecule has 0 fully saturated rings. The first-order valence-corrected chi connectivity index (χ1v) is 5.12. The summed E-state index contributed by atoms with van der Waals surface area (Å²) in [4.78, 5) is 0. The third-order valence-electron chi connectivity index (χ3n) is 2.08. The molecule has 0 aromatic heterocycles. The molecule has 0 N–H and O–H groups in total. The summed E-state index contributed by atoms with van der Waals surface area (Å²) >= 11 is 0. The maximum Gasteiger partial charge on any atom is 0.340 e. The molecule has 0 spiro atoms. The molecule has 0 aliphatic rings. The number of hydrogen-bond donors (Lipinski definition) is 0. The number of rotatable bonds is 4. The van der Waals surface area contributed by atoms with E-state index in [0.717, 1.165) is 10.9 Å². The lowest BCUT2D eigenvalue weighted by atomic mass is 9.83. The maximum absolute atomic E-state index is 3.98. The quantitative estimate of drug-likeness (QED) is 0.529. The van der Waals surface area contributed by atoms with E-state index in [1.54, 1.807) is 14.8 Å². The van der Waals surface area contributed by atoms with E-state index < -0.39 is 0 Å². The summed E-state index contributed by atoms with van der Waals surface area (Å²) in [5.41, 5.74) is 2.10. The molecule has 4 heteroatoms. The Bertz CT molecular complexity index is 400. The van der Waals surface area contributed by atoms with E-state index in [1.807, 2.05) is 60.7 Å². The van der Waals surface area contributed by atoms with Crippen LogP contribution >= 0.6 is 0 Å². The van der Waals surface area contributed by atoms with Crippen molar-refractivity contribution >= 4 is 25.8 Å². The van der Waals surface area contributed by atoms with E-state index >= 15 is 0 Å². The summed E-state index contributed by atoms with van der Waals surface area (Å²) in [6, 6.07) is 19.8. The molecule has 16 heavy (non-hydrogen) atoms. The van der Waals surface area contributed by atoms with Crippen LogP contribution in [0.15, 0.2) is 70.7 Å². The van der Waals surface area contributed by atoms with Gasteiger partial charge in [0.15, 0.2) is 0 Å². The largest absolute Gasteiger partial charge is 0.340 e. The molecule has 0 bridgehead atoms. The Hall–Kier alpha value is -1.83. The SMILES string of the molecule is [B](N=N[B]c1ccccc1)c1ccccc1. The summed E-state index contributed by atoms with van der Waals surface area (Å²) < 4.78 is 0. The minimum atomic E-state index is 1.05. The van der Waals surface area contributed by atoms with E-state index in [4.69, 9.17) is 0 Å². The highest BCUT2D eigenvalue weighted by molar-refractivity contribution is 6.54. The van der Waals surface area contributed by atoms with Crippen LogP contribution in [0.25, 0.3) is 0 Å². The Balaban J connectivity index is 1.83. The van der Waals surface area contributed by atoms with Gasteiger partial charge in [-0.1, -0.05) is 71.6 Å². The van der Waals surface area contributed by atoms with Gasteiger partial charge in [-0.3, -0.25) is 10.1 Å². The molecule has 2 rings (SSSR count). The normalized spacial score (nSPS) is 10.2. The molecule has 0 saturated carbocycles. The Labute approximate surface area is 97.0 Å². The van der Waals surface area contributed by atoms with Crippen LogP contribution in [0.2, 0.25) is 0 Å². The van der Waals surface area contributed by atoms with Gasteiger partial charge >= 0.3 is 14.8 Å². The van der Waals surface area contributed by atoms with Gasteiger partial charge in [0.2, 0.25) is 0 Å². The number of hydrogen-bond acceptors (Lipinski definition) is 2. The first kappa shape index (κ1) is 10.7. The van der Waals surface area contributed by atoms with Crippen molar-refractivity contribution in [2.75, 3.05) is 0 Å². The zero-order valence-electron chi connectivity index (χ0n) is 8.82. The Morgan fingerprint density at radius 3 is 1.31 bits per heavy atom. The van der Waals surface area contributed by atoms with Crippen molar-refractivity contribution in [2.24, 2.45) is 10.1 Å². The predicted octanol–water partition coefficient (Wildman–Crippen LogP) is 1.33. The zero-order chi connectivity index (χ0) is 11.1. The van der Waals surface area contributed by atoms with Gasteiger partial charge in [0.25, 0.3) is 0 Å². The van der Waals surface area contributed by atoms with E-state index in [-0.39, 0.29) is 0 Å². The molecule has 2 aromatic carbocycles. The molecular formula is C12H10B2N2. The third kappa shape index (κ3) is 3.39. The van der Waals surface area contributed by atoms with Crippen molar-refractivity contribution in [3.63, 3.8) is 0 Å². The Morgan fingerprint density at radius 1 is 0.562 bits per heavy atom. The summed E-state index contributed by atoms with van der Waals surface area (Å²) in [7, 11) is 3.47.